The highest BCUT2D eigenvalue weighted by Gasteiger charge is 2.26. The SMILES string of the molecule is COc1ccc(S(=O)(=O)N(Cc2ccc(Cl)cc2)c2ccc(OC)c(OC)c2)cc1. The van der Waals surface area contributed by atoms with Crippen LogP contribution in [0.3, 0.4) is 0 Å². The van der Waals surface area contributed by atoms with Crippen LogP contribution >= 0.6 is 11.6 Å². The van der Waals surface area contributed by atoms with Gasteiger partial charge in [0.15, 0.2) is 11.5 Å². The van der Waals surface area contributed by atoms with Gasteiger partial charge in [-0.05, 0) is 54.1 Å². The molecule has 0 saturated heterocycles. The zero-order valence-electron chi connectivity index (χ0n) is 16.8. The van der Waals surface area contributed by atoms with E-state index in [4.69, 9.17) is 25.8 Å². The van der Waals surface area contributed by atoms with Crippen molar-refractivity contribution < 1.29 is 22.6 Å². The highest BCUT2D eigenvalue weighted by atomic mass is 35.5. The molecule has 0 saturated carbocycles. The van der Waals surface area contributed by atoms with Crippen molar-refractivity contribution >= 4 is 27.3 Å². The van der Waals surface area contributed by atoms with E-state index in [9.17, 15) is 8.42 Å². The van der Waals surface area contributed by atoms with Crippen molar-refractivity contribution in [1.82, 2.24) is 0 Å². The Hall–Kier alpha value is -2.90. The lowest BCUT2D eigenvalue weighted by Gasteiger charge is -2.25. The van der Waals surface area contributed by atoms with E-state index in [1.165, 1.54) is 37.8 Å². The number of sulfonamides is 1. The van der Waals surface area contributed by atoms with Crippen LogP contribution in [0, 0.1) is 0 Å². The van der Waals surface area contributed by atoms with Gasteiger partial charge in [0.25, 0.3) is 10.0 Å². The number of halogens is 1. The molecule has 158 valence electrons. The molecule has 0 aliphatic rings. The number of rotatable bonds is 8. The molecule has 0 aliphatic carbocycles. The van der Waals surface area contributed by atoms with Gasteiger partial charge in [0.2, 0.25) is 0 Å². The smallest absolute Gasteiger partial charge is 0.264 e. The summed E-state index contributed by atoms with van der Waals surface area (Å²) in [6, 6.07) is 18.3. The Balaban J connectivity index is 2.09. The molecule has 0 amide bonds. The van der Waals surface area contributed by atoms with E-state index >= 15 is 0 Å². The molecule has 6 nitrogen and oxygen atoms in total. The topological polar surface area (TPSA) is 65.1 Å². The summed E-state index contributed by atoms with van der Waals surface area (Å²) in [4.78, 5) is 0.145. The standard InChI is InChI=1S/C22H22ClNO5S/c1-27-19-9-11-20(12-10-19)30(25,26)24(15-16-4-6-17(23)7-5-16)18-8-13-21(28-2)22(14-18)29-3/h4-14H,15H2,1-3H3. The molecule has 3 rings (SSSR count). The lowest BCUT2D eigenvalue weighted by molar-refractivity contribution is 0.355. The molecule has 0 heterocycles. The van der Waals surface area contributed by atoms with E-state index in [1.807, 2.05) is 0 Å². The van der Waals surface area contributed by atoms with Crippen LogP contribution in [-0.2, 0) is 16.6 Å². The Kier molecular flexibility index (Phi) is 6.74. The third-order valence-electron chi connectivity index (χ3n) is 4.54. The minimum absolute atomic E-state index is 0.112. The summed E-state index contributed by atoms with van der Waals surface area (Å²) in [6.07, 6.45) is 0. The number of nitrogens with zero attached hydrogens (tertiary/aromatic N) is 1. The Morgan fingerprint density at radius 3 is 2.00 bits per heavy atom. The predicted octanol–water partition coefficient (Wildman–Crippen LogP) is 4.76. The molecule has 0 bridgehead atoms. The van der Waals surface area contributed by atoms with E-state index in [0.717, 1.165) is 5.56 Å². The van der Waals surface area contributed by atoms with Gasteiger partial charge in [-0.25, -0.2) is 8.42 Å². The summed E-state index contributed by atoms with van der Waals surface area (Å²) < 4.78 is 44.2. The van der Waals surface area contributed by atoms with E-state index in [2.05, 4.69) is 0 Å². The third kappa shape index (κ3) is 4.63. The van der Waals surface area contributed by atoms with Crippen molar-refractivity contribution in [3.63, 3.8) is 0 Å². The summed E-state index contributed by atoms with van der Waals surface area (Å²) >= 11 is 5.98. The first-order valence-corrected chi connectivity index (χ1v) is 10.8. The molecule has 0 radical (unpaired) electrons. The minimum atomic E-state index is -3.88. The second-order valence-electron chi connectivity index (χ2n) is 6.35. The molecular weight excluding hydrogens is 426 g/mol. The summed E-state index contributed by atoms with van der Waals surface area (Å²) in [6.45, 7) is 0.112. The average molecular weight is 448 g/mol. The van der Waals surface area contributed by atoms with Crippen molar-refractivity contribution in [3.05, 3.63) is 77.3 Å². The predicted molar refractivity (Wildman–Crippen MR) is 117 cm³/mol. The molecule has 0 aromatic heterocycles. The van der Waals surface area contributed by atoms with E-state index in [-0.39, 0.29) is 11.4 Å². The molecule has 0 aliphatic heterocycles. The summed E-state index contributed by atoms with van der Waals surface area (Å²) in [5.41, 5.74) is 1.23. The molecule has 8 heteroatoms. The van der Waals surface area contributed by atoms with E-state index in [1.54, 1.807) is 54.6 Å². The molecule has 0 spiro atoms. The maximum Gasteiger partial charge on any atom is 0.264 e. The fourth-order valence-corrected chi connectivity index (χ4v) is 4.50. The lowest BCUT2D eigenvalue weighted by atomic mass is 10.2. The van der Waals surface area contributed by atoms with Crippen LogP contribution in [-0.4, -0.2) is 29.7 Å². The van der Waals surface area contributed by atoms with E-state index in [0.29, 0.717) is 28.0 Å². The average Bonchev–Trinajstić information content (AvgIpc) is 2.78. The molecule has 0 atom stereocenters. The third-order valence-corrected chi connectivity index (χ3v) is 6.58. The van der Waals surface area contributed by atoms with Gasteiger partial charge in [-0.1, -0.05) is 23.7 Å². The first-order valence-electron chi connectivity index (χ1n) is 9.02. The monoisotopic (exact) mass is 447 g/mol. The number of methoxy groups -OCH3 is 3. The fraction of sp³-hybridized carbons (Fsp3) is 0.182. The van der Waals surface area contributed by atoms with Crippen molar-refractivity contribution in [1.29, 1.82) is 0 Å². The van der Waals surface area contributed by atoms with Gasteiger partial charge in [-0.2, -0.15) is 0 Å². The first kappa shape index (κ1) is 21.8. The summed E-state index contributed by atoms with van der Waals surface area (Å²) in [5, 5.41) is 0.578. The van der Waals surface area contributed by atoms with Crippen LogP contribution in [0.5, 0.6) is 17.2 Å². The van der Waals surface area contributed by atoms with Crippen molar-refractivity contribution in [2.45, 2.75) is 11.4 Å². The maximum absolute atomic E-state index is 13.5. The molecule has 3 aromatic carbocycles. The van der Waals surface area contributed by atoms with Gasteiger partial charge in [0.1, 0.15) is 5.75 Å². The normalized spacial score (nSPS) is 11.1. The van der Waals surface area contributed by atoms with E-state index < -0.39 is 10.0 Å². The molecule has 0 N–H and O–H groups in total. The van der Waals surface area contributed by atoms with Crippen LogP contribution in [0.1, 0.15) is 5.56 Å². The highest BCUT2D eigenvalue weighted by molar-refractivity contribution is 7.92. The molecule has 0 fully saturated rings. The van der Waals surface area contributed by atoms with Crippen molar-refractivity contribution in [3.8, 4) is 17.2 Å². The molecule has 30 heavy (non-hydrogen) atoms. The number of ether oxygens (including phenoxy) is 3. The zero-order valence-corrected chi connectivity index (χ0v) is 18.4. The van der Waals surface area contributed by atoms with Crippen LogP contribution in [0.25, 0.3) is 0 Å². The second kappa shape index (κ2) is 9.28. The maximum atomic E-state index is 13.5. The Bertz CT molecular complexity index is 1100. The van der Waals surface area contributed by atoms with Crippen LogP contribution in [0.15, 0.2) is 71.6 Å². The molecule has 3 aromatic rings. The van der Waals surface area contributed by atoms with Gasteiger partial charge in [0, 0.05) is 11.1 Å². The number of hydrogen-bond donors (Lipinski definition) is 0. The van der Waals surface area contributed by atoms with Crippen LogP contribution < -0.4 is 18.5 Å². The second-order valence-corrected chi connectivity index (χ2v) is 8.65. The number of anilines is 1. The van der Waals surface area contributed by atoms with Crippen LogP contribution in [0.4, 0.5) is 5.69 Å². The largest absolute Gasteiger partial charge is 0.497 e. The van der Waals surface area contributed by atoms with Gasteiger partial charge in [-0.3, -0.25) is 4.31 Å². The lowest BCUT2D eigenvalue weighted by Crippen LogP contribution is -2.30. The summed E-state index contributed by atoms with van der Waals surface area (Å²) in [7, 11) is 0.672. The molecule has 0 unspecified atom stereocenters. The quantitative estimate of drug-likeness (QED) is 0.498. The van der Waals surface area contributed by atoms with Crippen molar-refractivity contribution in [2.75, 3.05) is 25.6 Å². The minimum Gasteiger partial charge on any atom is -0.497 e. The highest BCUT2D eigenvalue weighted by Crippen LogP contribution is 2.35. The summed E-state index contributed by atoms with van der Waals surface area (Å²) in [5.74, 6) is 1.51. The van der Waals surface area contributed by atoms with Gasteiger partial charge in [0.05, 0.1) is 38.5 Å². The Morgan fingerprint density at radius 1 is 0.800 bits per heavy atom. The van der Waals surface area contributed by atoms with Gasteiger partial charge >= 0.3 is 0 Å². The van der Waals surface area contributed by atoms with Gasteiger partial charge in [-0.15, -0.1) is 0 Å². The Morgan fingerprint density at radius 2 is 1.43 bits per heavy atom. The van der Waals surface area contributed by atoms with Crippen molar-refractivity contribution in [2.24, 2.45) is 0 Å². The fourth-order valence-electron chi connectivity index (χ4n) is 2.93. The van der Waals surface area contributed by atoms with Crippen LogP contribution in [0.2, 0.25) is 5.02 Å². The Labute approximate surface area is 181 Å². The number of hydrogen-bond acceptors (Lipinski definition) is 5. The molecular formula is C22H22ClNO5S. The first-order chi connectivity index (χ1) is 14.4. The number of benzene rings is 3. The van der Waals surface area contributed by atoms with Gasteiger partial charge < -0.3 is 14.2 Å². The zero-order chi connectivity index (χ0) is 21.7.